The molecule has 1 N–H and O–H groups in total. The van der Waals surface area contributed by atoms with Crippen molar-refractivity contribution >= 4 is 35.0 Å². The zero-order valence-electron chi connectivity index (χ0n) is 5.48. The van der Waals surface area contributed by atoms with Gasteiger partial charge >= 0.3 is 0 Å². The van der Waals surface area contributed by atoms with Crippen LogP contribution in [0.2, 0.25) is 0 Å². The number of aliphatic imine (C=N–C) groups is 1. The summed E-state index contributed by atoms with van der Waals surface area (Å²) in [5.41, 5.74) is 0.971. The average molecular weight is 236 g/mol. The molecule has 0 fully saturated rings. The first-order valence-electron chi connectivity index (χ1n) is 2.54. The fourth-order valence-corrected chi connectivity index (χ4v) is 0.377. The van der Waals surface area contributed by atoms with Crippen molar-refractivity contribution in [2.45, 2.75) is 13.8 Å². The fourth-order valence-electron chi connectivity index (χ4n) is 0.238. The molecule has 0 heterocycles. The van der Waals surface area contributed by atoms with Crippen molar-refractivity contribution in [2.24, 2.45) is 4.99 Å². The van der Waals surface area contributed by atoms with Gasteiger partial charge in [0.15, 0.2) is 0 Å². The highest BCUT2D eigenvalue weighted by molar-refractivity contribution is 14.1. The van der Waals surface area contributed by atoms with Gasteiger partial charge in [0.25, 0.3) is 0 Å². The summed E-state index contributed by atoms with van der Waals surface area (Å²) in [5.74, 6) is 0. The Morgan fingerprint density at radius 2 is 2.11 bits per heavy atom. The van der Waals surface area contributed by atoms with E-state index in [0.717, 1.165) is 9.28 Å². The second-order valence-electron chi connectivity index (χ2n) is 1.56. The zero-order chi connectivity index (χ0) is 7.28. The maximum atomic E-state index is 6.64. The molecule has 0 aromatic heterocycles. The fraction of sp³-hybridized carbons (Fsp3) is 0.333. The van der Waals surface area contributed by atoms with Gasteiger partial charge in [0.1, 0.15) is 0 Å². The summed E-state index contributed by atoms with van der Waals surface area (Å²) < 4.78 is 1.16. The number of allylic oxidation sites excluding steroid dienone is 2. The van der Waals surface area contributed by atoms with Gasteiger partial charge in [-0.05, 0) is 36.4 Å². The molecule has 2 nitrogen and oxygen atoms in total. The van der Waals surface area contributed by atoms with E-state index in [1.807, 2.05) is 13.8 Å². The van der Waals surface area contributed by atoms with Crippen LogP contribution in [0.4, 0.5) is 0 Å². The minimum absolute atomic E-state index is 0.971. The quantitative estimate of drug-likeness (QED) is 0.564. The summed E-state index contributed by atoms with van der Waals surface area (Å²) >= 11 is 2.20. The normalized spacial score (nSPS) is 13.7. The molecule has 0 unspecified atom stereocenters. The van der Waals surface area contributed by atoms with E-state index in [1.165, 1.54) is 12.4 Å². The first-order chi connectivity index (χ1) is 4.18. The number of halogens is 1. The minimum atomic E-state index is 0.971. The molecule has 0 aliphatic rings. The maximum absolute atomic E-state index is 6.64. The van der Waals surface area contributed by atoms with E-state index in [2.05, 4.69) is 27.6 Å². The predicted molar refractivity (Wildman–Crippen MR) is 49.7 cm³/mol. The van der Waals surface area contributed by atoms with Gasteiger partial charge < -0.3 is 5.41 Å². The van der Waals surface area contributed by atoms with Crippen molar-refractivity contribution in [1.29, 1.82) is 5.41 Å². The van der Waals surface area contributed by atoms with Gasteiger partial charge in [0, 0.05) is 21.7 Å². The number of rotatable bonds is 2. The summed E-state index contributed by atoms with van der Waals surface area (Å²) in [6.45, 7) is 3.90. The SMILES string of the molecule is CC(I)=C(C)/N=C\C=N. The molecule has 0 aliphatic heterocycles. The van der Waals surface area contributed by atoms with Crippen molar-refractivity contribution in [3.05, 3.63) is 9.28 Å². The molecule has 50 valence electrons. The Labute approximate surface area is 68.7 Å². The van der Waals surface area contributed by atoms with Crippen LogP contribution in [-0.4, -0.2) is 12.4 Å². The van der Waals surface area contributed by atoms with Crippen LogP contribution in [0.15, 0.2) is 14.3 Å². The molecule has 0 rings (SSSR count). The van der Waals surface area contributed by atoms with E-state index in [-0.39, 0.29) is 0 Å². The molecule has 0 amide bonds. The van der Waals surface area contributed by atoms with E-state index >= 15 is 0 Å². The van der Waals surface area contributed by atoms with Crippen LogP contribution in [0.5, 0.6) is 0 Å². The maximum Gasteiger partial charge on any atom is 0.0462 e. The van der Waals surface area contributed by atoms with Crippen molar-refractivity contribution in [3.8, 4) is 0 Å². The lowest BCUT2D eigenvalue weighted by atomic mass is 10.5. The molecular formula is C6H9IN2. The molecule has 0 aliphatic carbocycles. The first-order valence-corrected chi connectivity index (χ1v) is 3.62. The third-order valence-corrected chi connectivity index (χ3v) is 1.62. The standard InChI is InChI=1S/C6H9IN2/c1-5(7)6(2)9-4-3-8/h3-4,8H,1-2H3/b6-5?,8-3?,9-4-. The van der Waals surface area contributed by atoms with Gasteiger partial charge in [-0.25, -0.2) is 0 Å². The van der Waals surface area contributed by atoms with Crippen LogP contribution in [0.25, 0.3) is 0 Å². The van der Waals surface area contributed by atoms with Gasteiger partial charge in [0.05, 0.1) is 0 Å². The van der Waals surface area contributed by atoms with Crippen LogP contribution in [0.1, 0.15) is 13.8 Å². The smallest absolute Gasteiger partial charge is 0.0462 e. The highest BCUT2D eigenvalue weighted by Gasteiger charge is 1.84. The molecule has 0 aromatic rings. The zero-order valence-corrected chi connectivity index (χ0v) is 7.64. The van der Waals surface area contributed by atoms with Crippen molar-refractivity contribution < 1.29 is 0 Å². The summed E-state index contributed by atoms with van der Waals surface area (Å²) in [6, 6.07) is 0. The van der Waals surface area contributed by atoms with Gasteiger partial charge in [-0.3, -0.25) is 4.99 Å². The van der Waals surface area contributed by atoms with E-state index in [1.54, 1.807) is 0 Å². The van der Waals surface area contributed by atoms with Crippen molar-refractivity contribution in [2.75, 3.05) is 0 Å². The van der Waals surface area contributed by atoms with E-state index < -0.39 is 0 Å². The third kappa shape index (κ3) is 4.32. The molecule has 0 bridgehead atoms. The van der Waals surface area contributed by atoms with Crippen LogP contribution in [-0.2, 0) is 0 Å². The van der Waals surface area contributed by atoms with Crippen LogP contribution >= 0.6 is 22.6 Å². The number of hydrogen-bond acceptors (Lipinski definition) is 2. The monoisotopic (exact) mass is 236 g/mol. The molecule has 0 atom stereocenters. The van der Waals surface area contributed by atoms with E-state index in [4.69, 9.17) is 5.41 Å². The highest BCUT2D eigenvalue weighted by Crippen LogP contribution is 2.10. The average Bonchev–Trinajstić information content (AvgIpc) is 1.82. The topological polar surface area (TPSA) is 36.2 Å². The summed E-state index contributed by atoms with van der Waals surface area (Å²) in [6.07, 6.45) is 2.64. The Kier molecular flexibility index (Phi) is 4.57. The third-order valence-electron chi connectivity index (χ3n) is 0.841. The second kappa shape index (κ2) is 4.67. The van der Waals surface area contributed by atoms with Crippen LogP contribution in [0, 0.1) is 5.41 Å². The Balaban J connectivity index is 4.06. The molecule has 0 saturated carbocycles. The number of nitrogens with zero attached hydrogens (tertiary/aromatic N) is 1. The van der Waals surface area contributed by atoms with Gasteiger partial charge in [-0.1, -0.05) is 0 Å². The molecule has 0 spiro atoms. The Morgan fingerprint density at radius 1 is 1.56 bits per heavy atom. The number of nitrogens with one attached hydrogen (secondary N) is 1. The first kappa shape index (κ1) is 8.81. The lowest BCUT2D eigenvalue weighted by molar-refractivity contribution is 1.29. The predicted octanol–water partition coefficient (Wildman–Crippen LogP) is 2.39. The van der Waals surface area contributed by atoms with Crippen molar-refractivity contribution in [1.82, 2.24) is 0 Å². The summed E-state index contributed by atoms with van der Waals surface area (Å²) in [5, 5.41) is 6.64. The molecule has 0 saturated heterocycles. The number of hydrogen-bond donors (Lipinski definition) is 1. The van der Waals surface area contributed by atoms with E-state index in [0.29, 0.717) is 0 Å². The van der Waals surface area contributed by atoms with E-state index in [9.17, 15) is 0 Å². The molecule has 0 aromatic carbocycles. The highest BCUT2D eigenvalue weighted by atomic mass is 127. The Morgan fingerprint density at radius 3 is 2.44 bits per heavy atom. The largest absolute Gasteiger partial charge is 0.307 e. The minimum Gasteiger partial charge on any atom is -0.307 e. The van der Waals surface area contributed by atoms with Gasteiger partial charge in [-0.15, -0.1) is 0 Å². The Bertz CT molecular complexity index is 154. The lowest BCUT2D eigenvalue weighted by Gasteiger charge is -1.89. The summed E-state index contributed by atoms with van der Waals surface area (Å²) in [4.78, 5) is 3.95. The van der Waals surface area contributed by atoms with Gasteiger partial charge in [-0.2, -0.15) is 0 Å². The van der Waals surface area contributed by atoms with Crippen molar-refractivity contribution in [3.63, 3.8) is 0 Å². The van der Waals surface area contributed by atoms with Crippen LogP contribution in [0.3, 0.4) is 0 Å². The van der Waals surface area contributed by atoms with Gasteiger partial charge in [0.2, 0.25) is 0 Å². The van der Waals surface area contributed by atoms with Crippen LogP contribution < -0.4 is 0 Å². The molecule has 0 radical (unpaired) electrons. The second-order valence-corrected chi connectivity index (χ2v) is 3.18. The molecular weight excluding hydrogens is 227 g/mol. The Hall–Kier alpha value is -0.190. The summed E-state index contributed by atoms with van der Waals surface area (Å²) in [7, 11) is 0. The molecule has 3 heteroatoms. The lowest BCUT2D eigenvalue weighted by Crippen LogP contribution is -1.75. The molecule has 9 heavy (non-hydrogen) atoms.